The predicted molar refractivity (Wildman–Crippen MR) is 61.4 cm³/mol. The van der Waals surface area contributed by atoms with Gasteiger partial charge >= 0.3 is 0 Å². The Hall–Kier alpha value is -1.25. The van der Waals surface area contributed by atoms with Gasteiger partial charge in [-0.3, -0.25) is 0 Å². The van der Waals surface area contributed by atoms with Gasteiger partial charge in [0.15, 0.2) is 0 Å². The van der Waals surface area contributed by atoms with Crippen molar-refractivity contribution in [2.24, 2.45) is 5.41 Å². The highest BCUT2D eigenvalue weighted by Crippen LogP contribution is 2.35. The number of benzene rings is 1. The summed E-state index contributed by atoms with van der Waals surface area (Å²) < 4.78 is 13.3. The van der Waals surface area contributed by atoms with Crippen molar-refractivity contribution in [3.63, 3.8) is 0 Å². The zero-order chi connectivity index (χ0) is 11.1. The van der Waals surface area contributed by atoms with Gasteiger partial charge in [-0.15, -0.1) is 0 Å². The van der Waals surface area contributed by atoms with Gasteiger partial charge in [0.1, 0.15) is 5.82 Å². The molecule has 3 heteroatoms. The van der Waals surface area contributed by atoms with Crippen LogP contribution in [0.25, 0.3) is 0 Å². The average molecular weight is 208 g/mol. The van der Waals surface area contributed by atoms with Crippen LogP contribution < -0.4 is 10.6 Å². The van der Waals surface area contributed by atoms with E-state index >= 15 is 0 Å². The Bertz CT molecular complexity index is 374. The van der Waals surface area contributed by atoms with Crippen molar-refractivity contribution in [1.82, 2.24) is 0 Å². The lowest BCUT2D eigenvalue weighted by atomic mass is 9.93. The average Bonchev–Trinajstić information content (AvgIpc) is 2.51. The highest BCUT2D eigenvalue weighted by atomic mass is 19.1. The number of para-hydroxylation sites is 1. The normalized spacial score (nSPS) is 19.5. The highest BCUT2D eigenvalue weighted by Gasteiger charge is 2.30. The monoisotopic (exact) mass is 208 g/mol. The molecule has 1 aromatic carbocycles. The number of hydrogen-bond donors (Lipinski definition) is 1. The molecule has 82 valence electrons. The zero-order valence-corrected chi connectivity index (χ0v) is 9.26. The molecular weight excluding hydrogens is 191 g/mol. The van der Waals surface area contributed by atoms with Crippen LogP contribution in [0.4, 0.5) is 15.8 Å². The number of rotatable bonds is 1. The first-order valence-electron chi connectivity index (χ1n) is 5.28. The molecule has 0 spiro atoms. The van der Waals surface area contributed by atoms with E-state index in [1.54, 1.807) is 6.07 Å². The lowest BCUT2D eigenvalue weighted by Crippen LogP contribution is -2.23. The molecule has 1 fully saturated rings. The van der Waals surface area contributed by atoms with Crippen LogP contribution in [-0.4, -0.2) is 13.1 Å². The summed E-state index contributed by atoms with van der Waals surface area (Å²) in [4.78, 5) is 2.17. The van der Waals surface area contributed by atoms with Crippen molar-refractivity contribution in [2.75, 3.05) is 23.7 Å². The molecule has 1 aliphatic heterocycles. The number of nitrogen functional groups attached to an aromatic ring is 1. The maximum Gasteiger partial charge on any atom is 0.148 e. The highest BCUT2D eigenvalue weighted by molar-refractivity contribution is 5.68. The van der Waals surface area contributed by atoms with Crippen LogP contribution in [0, 0.1) is 11.2 Å². The van der Waals surface area contributed by atoms with Gasteiger partial charge in [-0.05, 0) is 24.0 Å². The van der Waals surface area contributed by atoms with Crippen molar-refractivity contribution in [1.29, 1.82) is 0 Å². The minimum atomic E-state index is -0.322. The Morgan fingerprint density at radius 1 is 1.40 bits per heavy atom. The van der Waals surface area contributed by atoms with Crippen molar-refractivity contribution in [3.05, 3.63) is 24.0 Å². The number of nitrogens with zero attached hydrogens (tertiary/aromatic N) is 1. The molecule has 2 N–H and O–H groups in total. The maximum absolute atomic E-state index is 13.3. The first-order valence-corrected chi connectivity index (χ1v) is 5.28. The predicted octanol–water partition coefficient (Wildman–Crippen LogP) is 2.64. The Kier molecular flexibility index (Phi) is 2.33. The number of anilines is 2. The van der Waals surface area contributed by atoms with Crippen molar-refractivity contribution in [2.45, 2.75) is 20.3 Å². The second kappa shape index (κ2) is 3.40. The molecule has 1 heterocycles. The van der Waals surface area contributed by atoms with Crippen molar-refractivity contribution < 1.29 is 4.39 Å². The molecule has 2 nitrogen and oxygen atoms in total. The largest absolute Gasteiger partial charge is 0.395 e. The summed E-state index contributed by atoms with van der Waals surface area (Å²) >= 11 is 0. The SMILES string of the molecule is CC1(C)CCN(c2cccc(F)c2N)C1. The minimum absolute atomic E-state index is 0.273. The summed E-state index contributed by atoms with van der Waals surface area (Å²) in [6, 6.07) is 5.01. The summed E-state index contributed by atoms with van der Waals surface area (Å²) in [7, 11) is 0. The maximum atomic E-state index is 13.3. The molecule has 0 bridgehead atoms. The van der Waals surface area contributed by atoms with E-state index in [-0.39, 0.29) is 11.5 Å². The van der Waals surface area contributed by atoms with E-state index < -0.39 is 0 Å². The van der Waals surface area contributed by atoms with E-state index in [1.807, 2.05) is 6.07 Å². The summed E-state index contributed by atoms with van der Waals surface area (Å²) in [6.07, 6.45) is 1.13. The Labute approximate surface area is 89.9 Å². The second-order valence-corrected chi connectivity index (χ2v) is 5.01. The fraction of sp³-hybridized carbons (Fsp3) is 0.500. The first-order chi connectivity index (χ1) is 6.99. The van der Waals surface area contributed by atoms with Gasteiger partial charge < -0.3 is 10.6 Å². The molecular formula is C12H17FN2. The van der Waals surface area contributed by atoms with Gasteiger partial charge in [0.05, 0.1) is 11.4 Å². The molecule has 0 saturated carbocycles. The van der Waals surface area contributed by atoms with E-state index in [0.29, 0.717) is 5.41 Å². The van der Waals surface area contributed by atoms with E-state index in [0.717, 1.165) is 25.2 Å². The fourth-order valence-electron chi connectivity index (χ4n) is 2.12. The lowest BCUT2D eigenvalue weighted by molar-refractivity contribution is 0.418. The molecule has 1 saturated heterocycles. The summed E-state index contributed by atoms with van der Waals surface area (Å²) in [5.74, 6) is -0.322. The third-order valence-corrected chi connectivity index (χ3v) is 3.05. The molecule has 0 radical (unpaired) electrons. The van der Waals surface area contributed by atoms with E-state index in [2.05, 4.69) is 18.7 Å². The topological polar surface area (TPSA) is 29.3 Å². The Morgan fingerprint density at radius 3 is 2.73 bits per heavy atom. The molecule has 0 aromatic heterocycles. The van der Waals surface area contributed by atoms with Crippen LogP contribution >= 0.6 is 0 Å². The smallest absolute Gasteiger partial charge is 0.148 e. The fourth-order valence-corrected chi connectivity index (χ4v) is 2.12. The summed E-state index contributed by atoms with van der Waals surface area (Å²) in [6.45, 7) is 6.35. The quantitative estimate of drug-likeness (QED) is 0.719. The van der Waals surface area contributed by atoms with Gasteiger partial charge in [0.25, 0.3) is 0 Å². The number of hydrogen-bond acceptors (Lipinski definition) is 2. The van der Waals surface area contributed by atoms with Crippen LogP contribution in [-0.2, 0) is 0 Å². The van der Waals surface area contributed by atoms with Gasteiger partial charge in [-0.2, -0.15) is 0 Å². The molecule has 1 aromatic rings. The standard InChI is InChI=1S/C12H17FN2/c1-12(2)6-7-15(8-12)10-5-3-4-9(13)11(10)14/h3-5H,6-8,14H2,1-2H3. The Morgan fingerprint density at radius 2 is 2.13 bits per heavy atom. The first kappa shape index (κ1) is 10.3. The molecule has 15 heavy (non-hydrogen) atoms. The van der Waals surface area contributed by atoms with E-state index in [4.69, 9.17) is 5.73 Å². The molecule has 0 unspecified atom stereocenters. The Balaban J connectivity index is 2.28. The third-order valence-electron chi connectivity index (χ3n) is 3.05. The number of halogens is 1. The molecule has 0 aliphatic carbocycles. The number of nitrogens with two attached hydrogens (primary N) is 1. The molecule has 1 aliphatic rings. The molecule has 2 rings (SSSR count). The van der Waals surface area contributed by atoms with Gasteiger partial charge in [-0.25, -0.2) is 4.39 Å². The third kappa shape index (κ3) is 1.91. The van der Waals surface area contributed by atoms with Crippen molar-refractivity contribution >= 4 is 11.4 Å². The van der Waals surface area contributed by atoms with Gasteiger partial charge in [0.2, 0.25) is 0 Å². The van der Waals surface area contributed by atoms with Gasteiger partial charge in [-0.1, -0.05) is 19.9 Å². The molecule has 0 atom stereocenters. The lowest BCUT2D eigenvalue weighted by Gasteiger charge is -2.23. The summed E-state index contributed by atoms with van der Waals surface area (Å²) in [5.41, 5.74) is 7.15. The van der Waals surface area contributed by atoms with Crippen LogP contribution in [0.15, 0.2) is 18.2 Å². The van der Waals surface area contributed by atoms with Crippen LogP contribution in [0.1, 0.15) is 20.3 Å². The van der Waals surface area contributed by atoms with Crippen molar-refractivity contribution in [3.8, 4) is 0 Å². The van der Waals surface area contributed by atoms with Crippen LogP contribution in [0.2, 0.25) is 0 Å². The zero-order valence-electron chi connectivity index (χ0n) is 9.26. The summed E-state index contributed by atoms with van der Waals surface area (Å²) in [5, 5.41) is 0. The van der Waals surface area contributed by atoms with Crippen LogP contribution in [0.5, 0.6) is 0 Å². The van der Waals surface area contributed by atoms with E-state index in [9.17, 15) is 4.39 Å². The molecule has 0 amide bonds. The van der Waals surface area contributed by atoms with Gasteiger partial charge in [0, 0.05) is 13.1 Å². The van der Waals surface area contributed by atoms with Crippen LogP contribution in [0.3, 0.4) is 0 Å². The van der Waals surface area contributed by atoms with E-state index in [1.165, 1.54) is 6.07 Å². The minimum Gasteiger partial charge on any atom is -0.395 e. The second-order valence-electron chi connectivity index (χ2n) is 5.01.